The van der Waals surface area contributed by atoms with E-state index in [2.05, 4.69) is 10.5 Å². The predicted octanol–water partition coefficient (Wildman–Crippen LogP) is 5.16. The van der Waals surface area contributed by atoms with Gasteiger partial charge in [0.15, 0.2) is 0 Å². The van der Waals surface area contributed by atoms with E-state index >= 15 is 0 Å². The lowest BCUT2D eigenvalue weighted by Crippen LogP contribution is -1.96. The van der Waals surface area contributed by atoms with Crippen LogP contribution >= 0.6 is 0 Å². The van der Waals surface area contributed by atoms with Gasteiger partial charge in [-0.25, -0.2) is 4.39 Å². The first-order valence-corrected chi connectivity index (χ1v) is 8.02. The van der Waals surface area contributed by atoms with Crippen LogP contribution in [-0.2, 0) is 6.61 Å². The van der Waals surface area contributed by atoms with E-state index in [1.807, 2.05) is 55.5 Å². The summed E-state index contributed by atoms with van der Waals surface area (Å²) in [6.45, 7) is 2.44. The highest BCUT2D eigenvalue weighted by molar-refractivity contribution is 5.80. The molecule has 1 N–H and O–H groups in total. The summed E-state index contributed by atoms with van der Waals surface area (Å²) in [7, 11) is 0. The second-order valence-corrected chi connectivity index (χ2v) is 5.72. The molecular formula is C21H19FN2O. The van der Waals surface area contributed by atoms with E-state index in [1.165, 1.54) is 17.7 Å². The van der Waals surface area contributed by atoms with Crippen molar-refractivity contribution in [1.29, 1.82) is 0 Å². The lowest BCUT2D eigenvalue weighted by atomic mass is 10.2. The molecule has 0 aliphatic rings. The molecule has 3 aromatic rings. The molecule has 3 aromatic carbocycles. The summed E-state index contributed by atoms with van der Waals surface area (Å²) >= 11 is 0. The maximum Gasteiger partial charge on any atom is 0.123 e. The summed E-state index contributed by atoms with van der Waals surface area (Å²) in [4.78, 5) is 0. The zero-order chi connectivity index (χ0) is 17.5. The van der Waals surface area contributed by atoms with Gasteiger partial charge in [-0.15, -0.1) is 0 Å². The first-order chi connectivity index (χ1) is 12.2. The average Bonchev–Trinajstić information content (AvgIpc) is 2.63. The summed E-state index contributed by atoms with van der Waals surface area (Å²) in [5, 5.41) is 4.24. The van der Waals surface area contributed by atoms with Crippen molar-refractivity contribution < 1.29 is 9.13 Å². The van der Waals surface area contributed by atoms with Gasteiger partial charge in [0.2, 0.25) is 0 Å². The number of benzene rings is 3. The van der Waals surface area contributed by atoms with Crippen LogP contribution in [0.15, 0.2) is 77.9 Å². The van der Waals surface area contributed by atoms with E-state index < -0.39 is 0 Å². The Hall–Kier alpha value is -3.14. The fraction of sp³-hybridized carbons (Fsp3) is 0.0952. The molecule has 0 spiro atoms. The van der Waals surface area contributed by atoms with E-state index in [4.69, 9.17) is 4.74 Å². The van der Waals surface area contributed by atoms with Crippen molar-refractivity contribution in [2.75, 3.05) is 5.43 Å². The molecule has 0 amide bonds. The predicted molar refractivity (Wildman–Crippen MR) is 99.6 cm³/mol. The van der Waals surface area contributed by atoms with Gasteiger partial charge in [0.05, 0.1) is 11.9 Å². The van der Waals surface area contributed by atoms with Crippen molar-refractivity contribution in [3.05, 3.63) is 95.3 Å². The fourth-order valence-corrected chi connectivity index (χ4v) is 2.24. The minimum atomic E-state index is -0.247. The quantitative estimate of drug-likeness (QED) is 0.499. The Bertz CT molecular complexity index is 843. The number of rotatable bonds is 6. The molecule has 25 heavy (non-hydrogen) atoms. The van der Waals surface area contributed by atoms with E-state index in [9.17, 15) is 4.39 Å². The molecule has 0 fully saturated rings. The van der Waals surface area contributed by atoms with Gasteiger partial charge in [-0.3, -0.25) is 5.43 Å². The van der Waals surface area contributed by atoms with Crippen molar-refractivity contribution in [2.24, 2.45) is 5.10 Å². The first-order valence-electron chi connectivity index (χ1n) is 8.02. The molecule has 0 aromatic heterocycles. The standard InChI is InChI=1S/C21H19FN2O/c1-16-5-11-20(12-6-16)24-23-14-18-3-2-4-21(13-18)25-15-17-7-9-19(22)10-8-17/h2-14,24H,15H2,1H3/b23-14-. The molecule has 4 heteroatoms. The summed E-state index contributed by atoms with van der Waals surface area (Å²) in [5.74, 6) is 0.492. The lowest BCUT2D eigenvalue weighted by molar-refractivity contribution is 0.306. The van der Waals surface area contributed by atoms with Crippen LogP contribution in [0.25, 0.3) is 0 Å². The van der Waals surface area contributed by atoms with Gasteiger partial charge in [-0.2, -0.15) is 5.10 Å². The van der Waals surface area contributed by atoms with Crippen molar-refractivity contribution in [2.45, 2.75) is 13.5 Å². The van der Waals surface area contributed by atoms with Crippen LogP contribution in [0.2, 0.25) is 0 Å². The van der Waals surface area contributed by atoms with Crippen molar-refractivity contribution in [3.8, 4) is 5.75 Å². The second kappa shape index (κ2) is 8.11. The Kier molecular flexibility index (Phi) is 5.42. The first kappa shape index (κ1) is 16.7. The van der Waals surface area contributed by atoms with Gasteiger partial charge in [-0.05, 0) is 54.4 Å². The number of hydrazone groups is 1. The average molecular weight is 334 g/mol. The lowest BCUT2D eigenvalue weighted by Gasteiger charge is -2.07. The minimum Gasteiger partial charge on any atom is -0.489 e. The largest absolute Gasteiger partial charge is 0.489 e. The Morgan fingerprint density at radius 2 is 1.76 bits per heavy atom. The van der Waals surface area contributed by atoms with Crippen LogP contribution in [0.1, 0.15) is 16.7 Å². The molecule has 0 aliphatic carbocycles. The van der Waals surface area contributed by atoms with Gasteiger partial charge in [-0.1, -0.05) is 42.0 Å². The number of nitrogens with zero attached hydrogens (tertiary/aromatic N) is 1. The molecule has 0 radical (unpaired) electrons. The summed E-state index contributed by atoms with van der Waals surface area (Å²) < 4.78 is 18.6. The molecule has 0 saturated heterocycles. The van der Waals surface area contributed by atoms with Gasteiger partial charge in [0, 0.05) is 0 Å². The number of hydrogen-bond acceptors (Lipinski definition) is 3. The molecular weight excluding hydrogens is 315 g/mol. The molecule has 0 saturated carbocycles. The smallest absolute Gasteiger partial charge is 0.123 e. The van der Waals surface area contributed by atoms with Crippen LogP contribution in [-0.4, -0.2) is 6.21 Å². The normalized spacial score (nSPS) is 10.8. The summed E-state index contributed by atoms with van der Waals surface area (Å²) in [5.41, 5.74) is 6.99. The number of nitrogens with one attached hydrogen (secondary N) is 1. The molecule has 126 valence electrons. The Labute approximate surface area is 146 Å². The highest BCUT2D eigenvalue weighted by Gasteiger charge is 1.98. The van der Waals surface area contributed by atoms with Gasteiger partial charge < -0.3 is 4.74 Å². The highest BCUT2D eigenvalue weighted by atomic mass is 19.1. The topological polar surface area (TPSA) is 33.6 Å². The zero-order valence-corrected chi connectivity index (χ0v) is 13.9. The number of halogens is 1. The van der Waals surface area contributed by atoms with Gasteiger partial charge in [0.1, 0.15) is 18.2 Å². The van der Waals surface area contributed by atoms with Crippen molar-refractivity contribution in [1.82, 2.24) is 0 Å². The number of ether oxygens (including phenoxy) is 1. The monoisotopic (exact) mass is 334 g/mol. The summed E-state index contributed by atoms with van der Waals surface area (Å²) in [6.07, 6.45) is 1.74. The number of aryl methyl sites for hydroxylation is 1. The molecule has 0 aliphatic heterocycles. The third-order valence-electron chi connectivity index (χ3n) is 3.64. The molecule has 0 bridgehead atoms. The third kappa shape index (κ3) is 5.18. The molecule has 0 atom stereocenters. The van der Waals surface area contributed by atoms with E-state index in [1.54, 1.807) is 18.3 Å². The maximum atomic E-state index is 12.9. The van der Waals surface area contributed by atoms with Crippen LogP contribution in [0.4, 0.5) is 10.1 Å². The molecule has 0 heterocycles. The van der Waals surface area contributed by atoms with E-state index in [-0.39, 0.29) is 5.82 Å². The molecule has 0 unspecified atom stereocenters. The minimum absolute atomic E-state index is 0.247. The fourth-order valence-electron chi connectivity index (χ4n) is 2.24. The maximum absolute atomic E-state index is 12.9. The molecule has 3 nitrogen and oxygen atoms in total. The van der Waals surface area contributed by atoms with Crippen LogP contribution < -0.4 is 10.2 Å². The SMILES string of the molecule is Cc1ccc(N/N=C\c2cccc(OCc3ccc(F)cc3)c2)cc1. The van der Waals surface area contributed by atoms with Crippen molar-refractivity contribution in [3.63, 3.8) is 0 Å². The highest BCUT2D eigenvalue weighted by Crippen LogP contribution is 2.15. The number of anilines is 1. The van der Waals surface area contributed by atoms with Crippen LogP contribution in [0.3, 0.4) is 0 Å². The Morgan fingerprint density at radius 3 is 2.52 bits per heavy atom. The van der Waals surface area contributed by atoms with Gasteiger partial charge >= 0.3 is 0 Å². The van der Waals surface area contributed by atoms with E-state index in [0.717, 1.165) is 22.6 Å². The van der Waals surface area contributed by atoms with Crippen molar-refractivity contribution >= 4 is 11.9 Å². The van der Waals surface area contributed by atoms with Crippen LogP contribution in [0, 0.1) is 12.7 Å². The number of hydrogen-bond donors (Lipinski definition) is 1. The van der Waals surface area contributed by atoms with Gasteiger partial charge in [0.25, 0.3) is 0 Å². The second-order valence-electron chi connectivity index (χ2n) is 5.72. The Balaban J connectivity index is 1.58. The molecule has 3 rings (SSSR count). The third-order valence-corrected chi connectivity index (χ3v) is 3.64. The Morgan fingerprint density at radius 1 is 1.00 bits per heavy atom. The van der Waals surface area contributed by atoms with E-state index in [0.29, 0.717) is 6.61 Å². The van der Waals surface area contributed by atoms with Crippen LogP contribution in [0.5, 0.6) is 5.75 Å². The zero-order valence-electron chi connectivity index (χ0n) is 13.9. The summed E-state index contributed by atoms with van der Waals surface area (Å²) in [6, 6.07) is 22.0.